The molecule has 30 heavy (non-hydrogen) atoms. The first-order chi connectivity index (χ1) is 14.4. The predicted molar refractivity (Wildman–Crippen MR) is 113 cm³/mol. The van der Waals surface area contributed by atoms with Crippen LogP contribution in [0.2, 0.25) is 0 Å². The van der Waals surface area contributed by atoms with Gasteiger partial charge in [0.1, 0.15) is 10.5 Å². The van der Waals surface area contributed by atoms with Gasteiger partial charge in [0, 0.05) is 55.8 Å². The molecule has 1 fully saturated rings. The van der Waals surface area contributed by atoms with Gasteiger partial charge in [-0.15, -0.1) is 11.3 Å². The largest absolute Gasteiger partial charge is 0.351 e. The Hall–Kier alpha value is -2.76. The summed E-state index contributed by atoms with van der Waals surface area (Å²) < 4.78 is 27.6. The van der Waals surface area contributed by atoms with E-state index in [2.05, 4.69) is 15.3 Å². The molecule has 3 aromatic heterocycles. The Labute approximate surface area is 177 Å². The van der Waals surface area contributed by atoms with Crippen LogP contribution in [-0.4, -0.2) is 65.6 Å². The number of hydrogen-bond donors (Lipinski definition) is 2. The van der Waals surface area contributed by atoms with Crippen LogP contribution in [-0.2, 0) is 21.4 Å². The fraction of sp³-hybridized carbons (Fsp3) is 0.316. The lowest BCUT2D eigenvalue weighted by Crippen LogP contribution is -2.50. The number of H-pyrrole nitrogens is 1. The summed E-state index contributed by atoms with van der Waals surface area (Å²) in [6.45, 7) is 2.92. The second-order valence-corrected chi connectivity index (χ2v) is 10.00. The summed E-state index contributed by atoms with van der Waals surface area (Å²) >= 11 is 1.33. The van der Waals surface area contributed by atoms with Gasteiger partial charge in [-0.25, -0.2) is 13.4 Å². The Bertz CT molecular complexity index is 1190. The Kier molecular flexibility index (Phi) is 5.58. The number of aromatic amines is 1. The SMILES string of the molecule is CC(=O)NCc1ccc(C(=O)N2CCN(S(=O)(=O)c3c[nH]c4ncccc34)CC2)s1. The van der Waals surface area contributed by atoms with Gasteiger partial charge in [-0.05, 0) is 24.3 Å². The summed E-state index contributed by atoms with van der Waals surface area (Å²) in [5.74, 6) is -0.248. The first-order valence-electron chi connectivity index (χ1n) is 9.41. The molecule has 0 radical (unpaired) electrons. The van der Waals surface area contributed by atoms with Crippen molar-refractivity contribution in [2.45, 2.75) is 18.4 Å². The zero-order valence-electron chi connectivity index (χ0n) is 16.3. The first-order valence-corrected chi connectivity index (χ1v) is 11.7. The molecule has 2 N–H and O–H groups in total. The molecule has 1 aliphatic heterocycles. The van der Waals surface area contributed by atoms with Gasteiger partial charge >= 0.3 is 0 Å². The number of carbonyl (C=O) groups excluding carboxylic acids is 2. The summed E-state index contributed by atoms with van der Waals surface area (Å²) in [5, 5.41) is 3.26. The molecule has 0 saturated carbocycles. The molecule has 0 spiro atoms. The molecule has 1 saturated heterocycles. The number of aromatic nitrogens is 2. The van der Waals surface area contributed by atoms with E-state index < -0.39 is 10.0 Å². The van der Waals surface area contributed by atoms with Crippen molar-refractivity contribution in [1.29, 1.82) is 0 Å². The van der Waals surface area contributed by atoms with Gasteiger partial charge in [-0.1, -0.05) is 0 Å². The molecule has 0 aliphatic carbocycles. The maximum absolute atomic E-state index is 13.1. The number of pyridine rings is 1. The zero-order chi connectivity index (χ0) is 21.3. The van der Waals surface area contributed by atoms with E-state index in [9.17, 15) is 18.0 Å². The third-order valence-corrected chi connectivity index (χ3v) is 7.95. The molecule has 1 aliphatic rings. The van der Waals surface area contributed by atoms with Crippen molar-refractivity contribution in [3.05, 3.63) is 46.4 Å². The van der Waals surface area contributed by atoms with E-state index in [0.29, 0.717) is 35.5 Å². The molecule has 158 valence electrons. The van der Waals surface area contributed by atoms with E-state index in [1.807, 2.05) is 6.07 Å². The smallest absolute Gasteiger partial charge is 0.264 e. The van der Waals surface area contributed by atoms with Gasteiger partial charge in [0.25, 0.3) is 5.91 Å². The van der Waals surface area contributed by atoms with Crippen LogP contribution in [0.25, 0.3) is 11.0 Å². The maximum Gasteiger partial charge on any atom is 0.264 e. The van der Waals surface area contributed by atoms with Crippen LogP contribution < -0.4 is 5.32 Å². The number of fused-ring (bicyclic) bond motifs is 1. The number of rotatable bonds is 5. The van der Waals surface area contributed by atoms with Crippen molar-refractivity contribution >= 4 is 44.2 Å². The topological polar surface area (TPSA) is 115 Å². The average Bonchev–Trinajstić information content (AvgIpc) is 3.39. The molecule has 4 rings (SSSR count). The normalized spacial score (nSPS) is 15.4. The minimum Gasteiger partial charge on any atom is -0.351 e. The number of piperazine rings is 1. The predicted octanol–water partition coefficient (Wildman–Crippen LogP) is 1.41. The molecule has 4 heterocycles. The van der Waals surface area contributed by atoms with Gasteiger partial charge in [-0.2, -0.15) is 4.31 Å². The molecule has 0 bridgehead atoms. The highest BCUT2D eigenvalue weighted by Gasteiger charge is 2.32. The first kappa shape index (κ1) is 20.5. The van der Waals surface area contributed by atoms with E-state index in [-0.39, 0.29) is 29.8 Å². The Balaban J connectivity index is 1.42. The minimum absolute atomic E-state index is 0.123. The van der Waals surface area contributed by atoms with Crippen molar-refractivity contribution < 1.29 is 18.0 Å². The lowest BCUT2D eigenvalue weighted by atomic mass is 10.3. The number of amides is 2. The van der Waals surface area contributed by atoms with Crippen molar-refractivity contribution in [2.24, 2.45) is 0 Å². The molecular weight excluding hydrogens is 426 g/mol. The highest BCUT2D eigenvalue weighted by Crippen LogP contribution is 2.26. The summed E-state index contributed by atoms with van der Waals surface area (Å²) in [6, 6.07) is 6.99. The van der Waals surface area contributed by atoms with Crippen LogP contribution in [0.1, 0.15) is 21.5 Å². The van der Waals surface area contributed by atoms with Crippen LogP contribution in [0.5, 0.6) is 0 Å². The van der Waals surface area contributed by atoms with Crippen LogP contribution in [0.4, 0.5) is 0 Å². The Morgan fingerprint density at radius 3 is 2.70 bits per heavy atom. The molecular formula is C19H21N5O4S2. The molecule has 0 aromatic carbocycles. The van der Waals surface area contributed by atoms with Gasteiger partial charge in [0.05, 0.1) is 11.4 Å². The molecule has 9 nitrogen and oxygen atoms in total. The standard InChI is InChI=1S/C19H21N5O4S2/c1-13(25)21-11-14-4-5-16(29-14)19(26)23-7-9-24(10-8-23)30(27,28)17-12-22-18-15(17)3-2-6-20-18/h2-6,12H,7-11H2,1H3,(H,20,22)(H,21,25). The second kappa shape index (κ2) is 8.17. The second-order valence-electron chi connectivity index (χ2n) is 6.92. The number of thiophene rings is 1. The van der Waals surface area contributed by atoms with Gasteiger partial charge in [-0.3, -0.25) is 9.59 Å². The van der Waals surface area contributed by atoms with E-state index >= 15 is 0 Å². The third-order valence-electron chi connectivity index (χ3n) is 4.94. The third kappa shape index (κ3) is 3.95. The quantitative estimate of drug-likeness (QED) is 0.614. The van der Waals surface area contributed by atoms with E-state index in [0.717, 1.165) is 4.88 Å². The lowest BCUT2D eigenvalue weighted by molar-refractivity contribution is -0.119. The lowest BCUT2D eigenvalue weighted by Gasteiger charge is -2.33. The molecule has 11 heteroatoms. The molecule has 0 atom stereocenters. The van der Waals surface area contributed by atoms with E-state index in [4.69, 9.17) is 0 Å². The van der Waals surface area contributed by atoms with Gasteiger partial charge in [0.15, 0.2) is 0 Å². The Morgan fingerprint density at radius 1 is 1.20 bits per heavy atom. The number of nitrogens with zero attached hydrogens (tertiary/aromatic N) is 3. The maximum atomic E-state index is 13.1. The van der Waals surface area contributed by atoms with Crippen LogP contribution >= 0.6 is 11.3 Å². The highest BCUT2D eigenvalue weighted by atomic mass is 32.2. The average molecular weight is 448 g/mol. The van der Waals surface area contributed by atoms with Crippen LogP contribution in [0.15, 0.2) is 41.6 Å². The van der Waals surface area contributed by atoms with Crippen molar-refractivity contribution in [1.82, 2.24) is 24.5 Å². The summed E-state index contributed by atoms with van der Waals surface area (Å²) in [7, 11) is -3.68. The number of hydrogen-bond acceptors (Lipinski definition) is 6. The molecule has 3 aromatic rings. The number of nitrogens with one attached hydrogen (secondary N) is 2. The minimum atomic E-state index is -3.68. The van der Waals surface area contributed by atoms with Crippen LogP contribution in [0, 0.1) is 0 Å². The number of carbonyl (C=O) groups is 2. The summed E-state index contributed by atoms with van der Waals surface area (Å²) in [6.07, 6.45) is 3.07. The van der Waals surface area contributed by atoms with Gasteiger partial charge in [0.2, 0.25) is 15.9 Å². The van der Waals surface area contributed by atoms with E-state index in [1.54, 1.807) is 29.3 Å². The highest BCUT2D eigenvalue weighted by molar-refractivity contribution is 7.89. The fourth-order valence-corrected chi connectivity index (χ4v) is 5.86. The molecule has 2 amide bonds. The monoisotopic (exact) mass is 447 g/mol. The molecule has 0 unspecified atom stereocenters. The van der Waals surface area contributed by atoms with Crippen molar-refractivity contribution in [3.63, 3.8) is 0 Å². The summed E-state index contributed by atoms with van der Waals surface area (Å²) in [5.41, 5.74) is 0.526. The van der Waals surface area contributed by atoms with E-state index in [1.165, 1.54) is 28.8 Å². The summed E-state index contributed by atoms with van der Waals surface area (Å²) in [4.78, 5) is 34.2. The number of sulfonamides is 1. The van der Waals surface area contributed by atoms with Gasteiger partial charge < -0.3 is 15.2 Å². The fourth-order valence-electron chi connectivity index (χ4n) is 3.37. The zero-order valence-corrected chi connectivity index (χ0v) is 17.9. The van der Waals surface area contributed by atoms with Crippen molar-refractivity contribution in [2.75, 3.05) is 26.2 Å². The Morgan fingerprint density at radius 2 is 1.97 bits per heavy atom. The van der Waals surface area contributed by atoms with Crippen LogP contribution in [0.3, 0.4) is 0 Å². The van der Waals surface area contributed by atoms with Crippen molar-refractivity contribution in [3.8, 4) is 0 Å².